The van der Waals surface area contributed by atoms with Crippen LogP contribution < -0.4 is 0 Å². The lowest BCUT2D eigenvalue weighted by atomic mass is 9.94. The molecule has 0 aromatic heterocycles. The predicted octanol–water partition coefficient (Wildman–Crippen LogP) is 2.35. The number of alkyl halides is 1. The summed E-state index contributed by atoms with van der Waals surface area (Å²) in [6.45, 7) is 0. The van der Waals surface area contributed by atoms with Crippen LogP contribution in [-0.2, 0) is 9.47 Å². The van der Waals surface area contributed by atoms with Crippen molar-refractivity contribution in [2.75, 3.05) is 14.2 Å². The Kier molecular flexibility index (Phi) is 3.58. The van der Waals surface area contributed by atoms with Gasteiger partial charge >= 0.3 is 0 Å². The van der Waals surface area contributed by atoms with Crippen molar-refractivity contribution >= 4 is 22.6 Å². The summed E-state index contributed by atoms with van der Waals surface area (Å²) in [5, 5.41) is 0. The van der Waals surface area contributed by atoms with Gasteiger partial charge in [-0.3, -0.25) is 0 Å². The molecule has 1 aliphatic carbocycles. The van der Waals surface area contributed by atoms with Crippen molar-refractivity contribution in [1.82, 2.24) is 0 Å². The fourth-order valence-electron chi connectivity index (χ4n) is 1.60. The maximum Gasteiger partial charge on any atom is 0.144 e. The molecule has 1 saturated carbocycles. The van der Waals surface area contributed by atoms with Gasteiger partial charge in [-0.25, -0.2) is 0 Å². The first-order chi connectivity index (χ1) is 5.23. The van der Waals surface area contributed by atoms with Crippen LogP contribution >= 0.6 is 22.6 Å². The third-order valence-electron chi connectivity index (χ3n) is 2.34. The molecule has 3 heteroatoms. The van der Waals surface area contributed by atoms with Crippen molar-refractivity contribution in [1.29, 1.82) is 0 Å². The summed E-state index contributed by atoms with van der Waals surface area (Å²) < 4.78 is 10.7. The first kappa shape index (κ1) is 9.74. The molecule has 1 rings (SSSR count). The van der Waals surface area contributed by atoms with E-state index in [9.17, 15) is 0 Å². The van der Waals surface area contributed by atoms with Gasteiger partial charge in [-0.1, -0.05) is 6.42 Å². The van der Waals surface area contributed by atoms with Crippen molar-refractivity contribution < 1.29 is 9.47 Å². The molecule has 11 heavy (non-hydrogen) atoms. The van der Waals surface area contributed by atoms with E-state index in [1.165, 1.54) is 12.8 Å². The highest BCUT2D eigenvalue weighted by atomic mass is 127. The summed E-state index contributed by atoms with van der Waals surface area (Å²) >= 11 is 2.37. The van der Waals surface area contributed by atoms with E-state index >= 15 is 0 Å². The Labute approximate surface area is 81.8 Å². The van der Waals surface area contributed by atoms with Crippen LogP contribution in [0.15, 0.2) is 0 Å². The Balaban J connectivity index is 2.57. The zero-order valence-corrected chi connectivity index (χ0v) is 9.26. The van der Waals surface area contributed by atoms with E-state index in [0.29, 0.717) is 0 Å². The molecule has 2 atom stereocenters. The van der Waals surface area contributed by atoms with Crippen LogP contribution in [0.25, 0.3) is 0 Å². The molecule has 2 nitrogen and oxygen atoms in total. The lowest BCUT2D eigenvalue weighted by molar-refractivity contribution is -0.0691. The molecule has 0 aliphatic heterocycles. The smallest absolute Gasteiger partial charge is 0.144 e. The summed E-state index contributed by atoms with van der Waals surface area (Å²) in [7, 11) is 3.53. The van der Waals surface area contributed by atoms with Crippen LogP contribution in [0, 0.1) is 0 Å². The highest BCUT2D eigenvalue weighted by Gasteiger charge is 2.38. The minimum Gasteiger partial charge on any atom is -0.378 e. The summed E-state index contributed by atoms with van der Waals surface area (Å²) in [5.41, 5.74) is 0. The fourth-order valence-corrected chi connectivity index (χ4v) is 2.55. The predicted molar refractivity (Wildman–Crippen MR) is 53.0 cm³/mol. The standard InChI is InChI=1S/C8H15IO2/c1-10-7-5-3-4-6-8(7,9)11-2/h7H,3-6H2,1-2H3/t7?,8-/m0/s1. The molecule has 0 saturated heterocycles. The number of rotatable bonds is 2. The van der Waals surface area contributed by atoms with Gasteiger partial charge in [0.1, 0.15) is 3.61 Å². The lowest BCUT2D eigenvalue weighted by Crippen LogP contribution is -2.41. The van der Waals surface area contributed by atoms with E-state index in [2.05, 4.69) is 22.6 Å². The van der Waals surface area contributed by atoms with Crippen molar-refractivity contribution in [2.45, 2.75) is 35.4 Å². The van der Waals surface area contributed by atoms with E-state index in [1.54, 1.807) is 14.2 Å². The van der Waals surface area contributed by atoms with Crippen molar-refractivity contribution in [2.24, 2.45) is 0 Å². The molecule has 0 N–H and O–H groups in total. The third kappa shape index (κ3) is 2.06. The van der Waals surface area contributed by atoms with E-state index in [0.717, 1.165) is 12.8 Å². The van der Waals surface area contributed by atoms with Crippen LogP contribution in [0.4, 0.5) is 0 Å². The molecule has 66 valence electrons. The summed E-state index contributed by atoms with van der Waals surface area (Å²) in [6, 6.07) is 0. The molecule has 0 aromatic rings. The molecular weight excluding hydrogens is 255 g/mol. The second-order valence-corrected chi connectivity index (χ2v) is 4.79. The maximum absolute atomic E-state index is 5.44. The zero-order chi connectivity index (χ0) is 8.32. The van der Waals surface area contributed by atoms with Crippen LogP contribution in [0.3, 0.4) is 0 Å². The summed E-state index contributed by atoms with van der Waals surface area (Å²) in [6.07, 6.45) is 5.06. The molecule has 0 radical (unpaired) electrons. The highest BCUT2D eigenvalue weighted by Crippen LogP contribution is 2.38. The van der Waals surface area contributed by atoms with E-state index in [-0.39, 0.29) is 9.71 Å². The average Bonchev–Trinajstić information content (AvgIpc) is 2.05. The van der Waals surface area contributed by atoms with Gasteiger partial charge in [0, 0.05) is 14.2 Å². The zero-order valence-electron chi connectivity index (χ0n) is 7.10. The number of ether oxygens (including phenoxy) is 2. The number of methoxy groups -OCH3 is 2. The normalized spacial score (nSPS) is 39.0. The highest BCUT2D eigenvalue weighted by molar-refractivity contribution is 14.1. The quantitative estimate of drug-likeness (QED) is 0.566. The topological polar surface area (TPSA) is 18.5 Å². The second-order valence-electron chi connectivity index (χ2n) is 2.96. The van der Waals surface area contributed by atoms with Crippen LogP contribution in [0.1, 0.15) is 25.7 Å². The molecule has 1 fully saturated rings. The van der Waals surface area contributed by atoms with Crippen molar-refractivity contribution in [3.05, 3.63) is 0 Å². The monoisotopic (exact) mass is 270 g/mol. The van der Waals surface area contributed by atoms with Crippen LogP contribution in [0.2, 0.25) is 0 Å². The van der Waals surface area contributed by atoms with Gasteiger partial charge in [0.05, 0.1) is 6.10 Å². The third-order valence-corrected chi connectivity index (χ3v) is 4.01. The molecule has 0 spiro atoms. The molecule has 0 heterocycles. The molecule has 0 bridgehead atoms. The number of hydrogen-bond acceptors (Lipinski definition) is 2. The average molecular weight is 270 g/mol. The minimum absolute atomic E-state index is 0.0647. The minimum atomic E-state index is -0.0647. The molecular formula is C8H15IO2. The molecule has 1 unspecified atom stereocenters. The van der Waals surface area contributed by atoms with Gasteiger partial charge in [-0.05, 0) is 41.9 Å². The number of hydrogen-bond donors (Lipinski definition) is 0. The van der Waals surface area contributed by atoms with E-state index in [4.69, 9.17) is 9.47 Å². The van der Waals surface area contributed by atoms with Gasteiger partial charge in [0.2, 0.25) is 0 Å². The first-order valence-electron chi connectivity index (χ1n) is 4.00. The van der Waals surface area contributed by atoms with Crippen LogP contribution in [-0.4, -0.2) is 23.9 Å². The Hall–Kier alpha value is 0.650. The Morgan fingerprint density at radius 3 is 2.55 bits per heavy atom. The first-order valence-corrected chi connectivity index (χ1v) is 5.07. The maximum atomic E-state index is 5.44. The van der Waals surface area contributed by atoms with Crippen LogP contribution in [0.5, 0.6) is 0 Å². The summed E-state index contributed by atoms with van der Waals surface area (Å²) in [4.78, 5) is 0. The second kappa shape index (κ2) is 4.05. The largest absolute Gasteiger partial charge is 0.378 e. The van der Waals surface area contributed by atoms with Gasteiger partial charge in [-0.2, -0.15) is 0 Å². The Bertz CT molecular complexity index is 129. The van der Waals surface area contributed by atoms with E-state index in [1.807, 2.05) is 0 Å². The van der Waals surface area contributed by atoms with Crippen molar-refractivity contribution in [3.63, 3.8) is 0 Å². The molecule has 1 aliphatic rings. The Morgan fingerprint density at radius 2 is 2.09 bits per heavy atom. The van der Waals surface area contributed by atoms with E-state index < -0.39 is 0 Å². The Morgan fingerprint density at radius 1 is 1.36 bits per heavy atom. The van der Waals surface area contributed by atoms with Gasteiger partial charge in [0.15, 0.2) is 0 Å². The van der Waals surface area contributed by atoms with Crippen molar-refractivity contribution in [3.8, 4) is 0 Å². The fraction of sp³-hybridized carbons (Fsp3) is 1.00. The van der Waals surface area contributed by atoms with Gasteiger partial charge < -0.3 is 9.47 Å². The summed E-state index contributed by atoms with van der Waals surface area (Å²) in [5.74, 6) is 0. The molecule has 0 aromatic carbocycles. The number of halogens is 1. The van der Waals surface area contributed by atoms with Gasteiger partial charge in [0.25, 0.3) is 0 Å². The lowest BCUT2D eigenvalue weighted by Gasteiger charge is -2.37. The van der Waals surface area contributed by atoms with Gasteiger partial charge in [-0.15, -0.1) is 0 Å². The SMILES string of the molecule is COC1CCCC[C@]1(I)OC. The molecule has 0 amide bonds.